The van der Waals surface area contributed by atoms with E-state index in [9.17, 15) is 18.0 Å². The van der Waals surface area contributed by atoms with Gasteiger partial charge in [0.1, 0.15) is 0 Å². The van der Waals surface area contributed by atoms with Crippen LogP contribution in [0.15, 0.2) is 29.2 Å². The second-order valence-electron chi connectivity index (χ2n) is 4.73. The summed E-state index contributed by atoms with van der Waals surface area (Å²) in [6.45, 7) is 3.47. The summed E-state index contributed by atoms with van der Waals surface area (Å²) in [5.41, 5.74) is 0.0156. The molecule has 0 saturated heterocycles. The SMILES string of the molecule is CCC(CC)NC(=O)COC(=O)c1cccc(S(N)(=O)=O)c1. The first kappa shape index (κ1) is 18.1. The van der Waals surface area contributed by atoms with E-state index in [1.807, 2.05) is 13.8 Å². The molecule has 8 heteroatoms. The fourth-order valence-corrected chi connectivity index (χ4v) is 2.34. The van der Waals surface area contributed by atoms with Crippen molar-refractivity contribution in [2.75, 3.05) is 6.61 Å². The van der Waals surface area contributed by atoms with Gasteiger partial charge in [-0.1, -0.05) is 19.9 Å². The minimum atomic E-state index is -3.90. The fourth-order valence-electron chi connectivity index (χ4n) is 1.78. The number of ether oxygens (including phenoxy) is 1. The number of primary sulfonamides is 1. The number of nitrogens with one attached hydrogen (secondary N) is 1. The fraction of sp³-hybridized carbons (Fsp3) is 0.429. The molecule has 122 valence electrons. The monoisotopic (exact) mass is 328 g/mol. The number of carbonyl (C=O) groups excluding carboxylic acids is 2. The summed E-state index contributed by atoms with van der Waals surface area (Å²) in [5.74, 6) is -1.19. The molecule has 0 saturated carbocycles. The van der Waals surface area contributed by atoms with E-state index in [4.69, 9.17) is 9.88 Å². The molecule has 0 aliphatic heterocycles. The van der Waals surface area contributed by atoms with E-state index in [0.717, 1.165) is 18.9 Å². The van der Waals surface area contributed by atoms with Crippen molar-refractivity contribution in [2.24, 2.45) is 5.14 Å². The maximum atomic E-state index is 11.8. The number of carbonyl (C=O) groups is 2. The van der Waals surface area contributed by atoms with Gasteiger partial charge in [0.05, 0.1) is 10.5 Å². The average Bonchev–Trinajstić information content (AvgIpc) is 2.49. The Morgan fingerprint density at radius 2 is 1.91 bits per heavy atom. The van der Waals surface area contributed by atoms with Gasteiger partial charge in [-0.3, -0.25) is 4.79 Å². The second-order valence-corrected chi connectivity index (χ2v) is 6.29. The summed E-state index contributed by atoms with van der Waals surface area (Å²) in [6, 6.07) is 5.18. The highest BCUT2D eigenvalue weighted by Crippen LogP contribution is 2.10. The Bertz CT molecular complexity index is 638. The number of benzene rings is 1. The third kappa shape index (κ3) is 5.45. The zero-order valence-electron chi connectivity index (χ0n) is 12.5. The molecule has 0 heterocycles. The number of amides is 1. The summed E-state index contributed by atoms with van der Waals surface area (Å²) in [4.78, 5) is 23.3. The summed E-state index contributed by atoms with van der Waals surface area (Å²) in [6.07, 6.45) is 1.57. The smallest absolute Gasteiger partial charge is 0.338 e. The van der Waals surface area contributed by atoms with E-state index >= 15 is 0 Å². The van der Waals surface area contributed by atoms with Gasteiger partial charge >= 0.3 is 5.97 Å². The molecule has 3 N–H and O–H groups in total. The van der Waals surface area contributed by atoms with Crippen molar-refractivity contribution in [2.45, 2.75) is 37.6 Å². The molecule has 22 heavy (non-hydrogen) atoms. The maximum Gasteiger partial charge on any atom is 0.338 e. The molecular formula is C14H20N2O5S. The molecule has 0 bridgehead atoms. The molecule has 7 nitrogen and oxygen atoms in total. The molecule has 1 amide bonds. The van der Waals surface area contributed by atoms with Gasteiger partial charge in [0.25, 0.3) is 5.91 Å². The summed E-state index contributed by atoms with van der Waals surface area (Å²) in [7, 11) is -3.90. The number of esters is 1. The van der Waals surface area contributed by atoms with Crippen molar-refractivity contribution in [1.82, 2.24) is 5.32 Å². The average molecular weight is 328 g/mol. The number of rotatable bonds is 7. The van der Waals surface area contributed by atoms with E-state index in [-0.39, 0.29) is 16.5 Å². The minimum absolute atomic E-state index is 0.0156. The second kappa shape index (κ2) is 7.90. The zero-order valence-corrected chi connectivity index (χ0v) is 13.4. The Kier molecular flexibility index (Phi) is 6.51. The van der Waals surface area contributed by atoms with Crippen molar-refractivity contribution in [3.63, 3.8) is 0 Å². The molecule has 0 fully saturated rings. The van der Waals surface area contributed by atoms with E-state index in [2.05, 4.69) is 5.32 Å². The molecule has 1 aromatic carbocycles. The first-order valence-electron chi connectivity index (χ1n) is 6.87. The van der Waals surface area contributed by atoms with Crippen LogP contribution in [0.4, 0.5) is 0 Å². The van der Waals surface area contributed by atoms with Gasteiger partial charge < -0.3 is 10.1 Å². The van der Waals surface area contributed by atoms with Crippen molar-refractivity contribution in [3.8, 4) is 0 Å². The third-order valence-corrected chi connectivity index (χ3v) is 3.99. The van der Waals surface area contributed by atoms with Crippen LogP contribution < -0.4 is 10.5 Å². The molecular weight excluding hydrogens is 308 g/mol. The van der Waals surface area contributed by atoms with Gasteiger partial charge in [-0.15, -0.1) is 0 Å². The van der Waals surface area contributed by atoms with Crippen molar-refractivity contribution in [3.05, 3.63) is 29.8 Å². The first-order chi connectivity index (χ1) is 10.3. The number of hydrogen-bond donors (Lipinski definition) is 2. The highest BCUT2D eigenvalue weighted by molar-refractivity contribution is 7.89. The van der Waals surface area contributed by atoms with Crippen LogP contribution in [0.25, 0.3) is 0 Å². The normalized spacial score (nSPS) is 11.3. The lowest BCUT2D eigenvalue weighted by Gasteiger charge is -2.14. The predicted molar refractivity (Wildman–Crippen MR) is 80.6 cm³/mol. The quantitative estimate of drug-likeness (QED) is 0.718. The maximum absolute atomic E-state index is 11.8. The lowest BCUT2D eigenvalue weighted by atomic mass is 10.2. The van der Waals surface area contributed by atoms with E-state index in [0.29, 0.717) is 0 Å². The zero-order chi connectivity index (χ0) is 16.8. The Morgan fingerprint density at radius 1 is 1.27 bits per heavy atom. The standard InChI is InChI=1S/C14H20N2O5S/c1-3-11(4-2)16-13(17)9-21-14(18)10-6-5-7-12(8-10)22(15,19)20/h5-8,11H,3-4,9H2,1-2H3,(H,16,17)(H2,15,19,20). The van der Waals surface area contributed by atoms with Gasteiger partial charge in [0.15, 0.2) is 6.61 Å². The molecule has 1 aromatic rings. The Balaban J connectivity index is 2.65. The van der Waals surface area contributed by atoms with E-state index < -0.39 is 28.5 Å². The van der Waals surface area contributed by atoms with Crippen LogP contribution in [-0.4, -0.2) is 32.9 Å². The van der Waals surface area contributed by atoms with Crippen LogP contribution in [0.2, 0.25) is 0 Å². The van der Waals surface area contributed by atoms with E-state index in [1.165, 1.54) is 18.2 Å². The minimum Gasteiger partial charge on any atom is -0.452 e. The van der Waals surface area contributed by atoms with Crippen molar-refractivity contribution in [1.29, 1.82) is 0 Å². The lowest BCUT2D eigenvalue weighted by Crippen LogP contribution is -2.36. The molecule has 0 spiro atoms. The molecule has 0 radical (unpaired) electrons. The Morgan fingerprint density at radius 3 is 2.45 bits per heavy atom. The van der Waals surface area contributed by atoms with Crippen LogP contribution in [-0.2, 0) is 19.6 Å². The number of nitrogens with two attached hydrogens (primary N) is 1. The van der Waals surface area contributed by atoms with E-state index in [1.54, 1.807) is 0 Å². The summed E-state index contributed by atoms with van der Waals surface area (Å²) >= 11 is 0. The van der Waals surface area contributed by atoms with Gasteiger partial charge in [-0.25, -0.2) is 18.4 Å². The molecule has 0 aromatic heterocycles. The number of hydrogen-bond acceptors (Lipinski definition) is 5. The Labute approximate surface area is 129 Å². The van der Waals surface area contributed by atoms with Crippen LogP contribution in [0, 0.1) is 0 Å². The number of sulfonamides is 1. The van der Waals surface area contributed by atoms with Crippen LogP contribution >= 0.6 is 0 Å². The van der Waals surface area contributed by atoms with Gasteiger partial charge in [-0.05, 0) is 31.0 Å². The highest BCUT2D eigenvalue weighted by atomic mass is 32.2. The highest BCUT2D eigenvalue weighted by Gasteiger charge is 2.15. The molecule has 0 unspecified atom stereocenters. The summed E-state index contributed by atoms with van der Waals surface area (Å²) in [5, 5.41) is 7.72. The van der Waals surface area contributed by atoms with Crippen molar-refractivity contribution < 1.29 is 22.7 Å². The van der Waals surface area contributed by atoms with Crippen LogP contribution in [0.1, 0.15) is 37.0 Å². The molecule has 0 aliphatic rings. The van der Waals surface area contributed by atoms with Gasteiger partial charge in [0.2, 0.25) is 10.0 Å². The first-order valence-corrected chi connectivity index (χ1v) is 8.41. The van der Waals surface area contributed by atoms with Gasteiger partial charge in [0, 0.05) is 6.04 Å². The molecule has 1 rings (SSSR count). The van der Waals surface area contributed by atoms with Crippen molar-refractivity contribution >= 4 is 21.9 Å². The Hall–Kier alpha value is -1.93. The topological polar surface area (TPSA) is 116 Å². The predicted octanol–water partition coefficient (Wildman–Crippen LogP) is 0.796. The van der Waals surface area contributed by atoms with Crippen LogP contribution in [0.5, 0.6) is 0 Å². The molecule has 0 aliphatic carbocycles. The third-order valence-electron chi connectivity index (χ3n) is 3.08. The largest absolute Gasteiger partial charge is 0.452 e. The lowest BCUT2D eigenvalue weighted by molar-refractivity contribution is -0.125. The van der Waals surface area contributed by atoms with Crippen LogP contribution in [0.3, 0.4) is 0 Å². The molecule has 0 atom stereocenters. The van der Waals surface area contributed by atoms with Gasteiger partial charge in [-0.2, -0.15) is 0 Å². The summed E-state index contributed by atoms with van der Waals surface area (Å²) < 4.78 is 27.3.